The SMILES string of the molecule is COCCOc1ccc([I+]c2cc(OCCOC)cc(C(=O)[O-])c2)cc1. The lowest BCUT2D eigenvalue weighted by Gasteiger charge is -2.08. The van der Waals surface area contributed by atoms with Crippen LogP contribution >= 0.6 is 0 Å². The summed E-state index contributed by atoms with van der Waals surface area (Å²) in [5.74, 6) is 0.0780. The Bertz CT molecular complexity index is 702. The van der Waals surface area contributed by atoms with Crippen LogP contribution in [-0.2, 0) is 9.47 Å². The van der Waals surface area contributed by atoms with E-state index in [0.717, 1.165) is 12.9 Å². The van der Waals surface area contributed by atoms with Crippen LogP contribution in [-0.4, -0.2) is 46.6 Å². The van der Waals surface area contributed by atoms with Crippen molar-refractivity contribution in [3.05, 3.63) is 55.2 Å². The molecule has 0 amide bonds. The Kier molecular flexibility index (Phi) is 8.66. The van der Waals surface area contributed by atoms with Gasteiger partial charge in [0.2, 0.25) is 0 Å². The molecule has 0 fully saturated rings. The van der Waals surface area contributed by atoms with Crippen molar-refractivity contribution in [1.82, 2.24) is 0 Å². The van der Waals surface area contributed by atoms with Gasteiger partial charge in [-0.2, -0.15) is 0 Å². The lowest BCUT2D eigenvalue weighted by molar-refractivity contribution is -0.597. The van der Waals surface area contributed by atoms with Gasteiger partial charge in [0, 0.05) is 31.9 Å². The van der Waals surface area contributed by atoms with E-state index in [-0.39, 0.29) is 5.56 Å². The van der Waals surface area contributed by atoms with Gasteiger partial charge in [-0.1, -0.05) is 0 Å². The second-order valence-corrected chi connectivity index (χ2v) is 8.22. The van der Waals surface area contributed by atoms with E-state index in [1.54, 1.807) is 20.3 Å². The average molecular weight is 472 g/mol. The van der Waals surface area contributed by atoms with Crippen LogP contribution in [0, 0.1) is 7.14 Å². The molecule has 0 saturated heterocycles. The number of ether oxygens (including phenoxy) is 4. The molecule has 0 unspecified atom stereocenters. The fourth-order valence-corrected chi connectivity index (χ4v) is 4.42. The minimum atomic E-state index is -1.21. The van der Waals surface area contributed by atoms with Crippen molar-refractivity contribution in [1.29, 1.82) is 0 Å². The predicted octanol–water partition coefficient (Wildman–Crippen LogP) is -1.77. The zero-order valence-electron chi connectivity index (χ0n) is 14.7. The molecular weight excluding hydrogens is 451 g/mol. The molecule has 0 spiro atoms. The number of benzene rings is 2. The number of hydrogen-bond acceptors (Lipinski definition) is 6. The van der Waals surface area contributed by atoms with Crippen LogP contribution < -0.4 is 35.8 Å². The van der Waals surface area contributed by atoms with E-state index in [9.17, 15) is 9.90 Å². The van der Waals surface area contributed by atoms with Crippen LogP contribution in [0.1, 0.15) is 10.4 Å². The monoisotopic (exact) mass is 472 g/mol. The quantitative estimate of drug-likeness (QED) is 0.285. The number of methoxy groups -OCH3 is 2. The Balaban J connectivity index is 2.08. The number of aromatic carboxylic acids is 1. The lowest BCUT2D eigenvalue weighted by Crippen LogP contribution is -3.61. The van der Waals surface area contributed by atoms with E-state index >= 15 is 0 Å². The number of carboxylic acid groups (broad SMARTS) is 1. The fourth-order valence-electron chi connectivity index (χ4n) is 2.02. The molecule has 6 nitrogen and oxygen atoms in total. The second-order valence-electron chi connectivity index (χ2n) is 5.19. The molecule has 0 radical (unpaired) electrons. The number of carboxylic acids is 1. The first-order valence-electron chi connectivity index (χ1n) is 7.97. The predicted molar refractivity (Wildman–Crippen MR) is 89.4 cm³/mol. The molecule has 140 valence electrons. The van der Waals surface area contributed by atoms with Gasteiger partial charge in [-0.3, -0.25) is 0 Å². The molecule has 2 aromatic carbocycles. The first-order valence-corrected chi connectivity index (χ1v) is 10.1. The summed E-state index contributed by atoms with van der Waals surface area (Å²) in [6.45, 7) is 1.83. The summed E-state index contributed by atoms with van der Waals surface area (Å²) in [6, 6.07) is 12.8. The summed E-state index contributed by atoms with van der Waals surface area (Å²) in [4.78, 5) is 11.3. The maximum absolute atomic E-state index is 11.3. The highest BCUT2D eigenvalue weighted by Crippen LogP contribution is 2.13. The molecule has 0 aliphatic rings. The van der Waals surface area contributed by atoms with Gasteiger partial charge >= 0.3 is 21.2 Å². The molecule has 0 N–H and O–H groups in total. The minimum Gasteiger partial charge on any atom is -0.545 e. The fraction of sp³-hybridized carbons (Fsp3) is 0.316. The van der Waals surface area contributed by atoms with Crippen molar-refractivity contribution in [2.45, 2.75) is 0 Å². The molecule has 0 saturated carbocycles. The van der Waals surface area contributed by atoms with Crippen molar-refractivity contribution in [3.8, 4) is 11.5 Å². The van der Waals surface area contributed by atoms with Gasteiger partial charge in [-0.15, -0.1) is 0 Å². The van der Waals surface area contributed by atoms with E-state index in [0.29, 0.717) is 32.2 Å². The molecule has 0 heterocycles. The van der Waals surface area contributed by atoms with E-state index in [2.05, 4.69) is 0 Å². The van der Waals surface area contributed by atoms with Gasteiger partial charge in [0.15, 0.2) is 7.14 Å². The molecule has 0 aromatic heterocycles. The van der Waals surface area contributed by atoms with Crippen molar-refractivity contribution < 1.29 is 50.1 Å². The third-order valence-electron chi connectivity index (χ3n) is 3.25. The Morgan fingerprint density at radius 3 is 2.04 bits per heavy atom. The summed E-state index contributed by atoms with van der Waals surface area (Å²) < 4.78 is 23.1. The van der Waals surface area contributed by atoms with E-state index in [1.165, 1.54) is 6.07 Å². The molecule has 0 aliphatic carbocycles. The normalized spacial score (nSPS) is 10.5. The van der Waals surface area contributed by atoms with Gasteiger partial charge in [0.1, 0.15) is 24.7 Å². The van der Waals surface area contributed by atoms with Crippen LogP contribution in [0.3, 0.4) is 0 Å². The third-order valence-corrected chi connectivity index (χ3v) is 5.84. The van der Waals surface area contributed by atoms with Crippen LogP contribution in [0.25, 0.3) is 0 Å². The molecule has 7 heteroatoms. The summed E-state index contributed by atoms with van der Waals surface area (Å²) in [5, 5.41) is 11.3. The second kappa shape index (κ2) is 11.0. The highest BCUT2D eigenvalue weighted by atomic mass is 127. The van der Waals surface area contributed by atoms with Crippen LogP contribution in [0.15, 0.2) is 42.5 Å². The van der Waals surface area contributed by atoms with Gasteiger partial charge in [0.25, 0.3) is 0 Å². The number of rotatable bonds is 11. The number of halogens is 1. The van der Waals surface area contributed by atoms with Crippen molar-refractivity contribution in [3.63, 3.8) is 0 Å². The Morgan fingerprint density at radius 1 is 0.846 bits per heavy atom. The zero-order chi connectivity index (χ0) is 18.8. The molecule has 26 heavy (non-hydrogen) atoms. The van der Waals surface area contributed by atoms with Gasteiger partial charge in [0.05, 0.1) is 19.2 Å². The van der Waals surface area contributed by atoms with Crippen LogP contribution in [0.4, 0.5) is 0 Å². The standard InChI is InChI=1S/C19H21IO6/c1-23-7-9-25-17-5-3-15(4-6-17)20-16-11-14(19(21)22)12-18(13-16)26-10-8-24-2/h3-6,11-13H,7-10H2,1-2H3. The zero-order valence-corrected chi connectivity index (χ0v) is 16.9. The molecule has 0 atom stereocenters. The lowest BCUT2D eigenvalue weighted by atomic mass is 10.2. The Labute approximate surface area is 163 Å². The van der Waals surface area contributed by atoms with E-state index in [1.807, 2.05) is 30.3 Å². The highest BCUT2D eigenvalue weighted by Gasteiger charge is 2.18. The highest BCUT2D eigenvalue weighted by molar-refractivity contribution is 5.86. The third kappa shape index (κ3) is 6.81. The maximum atomic E-state index is 11.3. The van der Waals surface area contributed by atoms with Gasteiger partial charge in [-0.05, 0) is 30.3 Å². The largest absolute Gasteiger partial charge is 0.545 e. The average Bonchev–Trinajstić information content (AvgIpc) is 2.63. The summed E-state index contributed by atoms with van der Waals surface area (Å²) in [7, 11) is 3.21. The molecular formula is C19H21IO6. The minimum absolute atomic E-state index is 0.120. The molecule has 2 rings (SSSR count). The number of carbonyl (C=O) groups is 1. The van der Waals surface area contributed by atoms with E-state index in [4.69, 9.17) is 18.9 Å². The first-order chi connectivity index (χ1) is 12.6. The van der Waals surface area contributed by atoms with Crippen molar-refractivity contribution in [2.24, 2.45) is 0 Å². The maximum Gasteiger partial charge on any atom is 0.358 e. The molecule has 0 bridgehead atoms. The van der Waals surface area contributed by atoms with Crippen molar-refractivity contribution >= 4 is 5.97 Å². The summed E-state index contributed by atoms with van der Waals surface area (Å²) >= 11 is -0.562. The topological polar surface area (TPSA) is 77.0 Å². The Morgan fingerprint density at radius 2 is 1.46 bits per heavy atom. The molecule has 2 aromatic rings. The summed E-state index contributed by atoms with van der Waals surface area (Å²) in [6.07, 6.45) is 0. The smallest absolute Gasteiger partial charge is 0.358 e. The van der Waals surface area contributed by atoms with E-state index < -0.39 is 27.2 Å². The first kappa shape index (κ1) is 20.5. The number of hydrogen-bond donors (Lipinski definition) is 0. The summed E-state index contributed by atoms with van der Waals surface area (Å²) in [5.41, 5.74) is 0.120. The van der Waals surface area contributed by atoms with Gasteiger partial charge in [-0.25, -0.2) is 0 Å². The van der Waals surface area contributed by atoms with Gasteiger partial charge < -0.3 is 28.8 Å². The number of carbonyl (C=O) groups excluding carboxylic acids is 1. The van der Waals surface area contributed by atoms with Crippen molar-refractivity contribution in [2.75, 3.05) is 40.6 Å². The van der Waals surface area contributed by atoms with Crippen LogP contribution in [0.5, 0.6) is 11.5 Å². The molecule has 0 aliphatic heterocycles. The Hall–Kier alpha value is -1.84. The van der Waals surface area contributed by atoms with Crippen LogP contribution in [0.2, 0.25) is 0 Å².